The van der Waals surface area contributed by atoms with Crippen molar-refractivity contribution in [2.24, 2.45) is 0 Å². The summed E-state index contributed by atoms with van der Waals surface area (Å²) in [6.07, 6.45) is 0. The highest BCUT2D eigenvalue weighted by Gasteiger charge is 2.18. The maximum absolute atomic E-state index is 12.3. The highest BCUT2D eigenvalue weighted by atomic mass is 16.5. The van der Waals surface area contributed by atoms with Gasteiger partial charge in [-0.2, -0.15) is 10.1 Å². The number of aryl methyl sites for hydroxylation is 2. The monoisotopic (exact) mass is 366 g/mol. The molecule has 140 valence electrons. The number of aromatic nitrogens is 4. The summed E-state index contributed by atoms with van der Waals surface area (Å²) in [7, 11) is 1.99. The minimum Gasteiger partial charge on any atom is -0.338 e. The molecule has 0 saturated heterocycles. The molecule has 2 heterocycles. The summed E-state index contributed by atoms with van der Waals surface area (Å²) in [6, 6.07) is 11.0. The number of carbonyl (C=O) groups excluding carboxylic acids is 1. The topological polar surface area (TPSA) is 97.0 Å². The summed E-state index contributed by atoms with van der Waals surface area (Å²) in [5.41, 5.74) is 2.43. The SMILES string of the molecule is Cc1ccc(NC(=O)c2ccc(CN(C)[C@H](C)c3nc(C)no3)cc2)nn1. The second kappa shape index (κ2) is 8.05. The Kier molecular flexibility index (Phi) is 5.56. The van der Waals surface area contributed by atoms with E-state index in [9.17, 15) is 4.79 Å². The van der Waals surface area contributed by atoms with Gasteiger partial charge in [-0.15, -0.1) is 5.10 Å². The summed E-state index contributed by atoms with van der Waals surface area (Å²) in [5.74, 6) is 1.42. The van der Waals surface area contributed by atoms with Crippen LogP contribution in [0.3, 0.4) is 0 Å². The molecule has 1 N–H and O–H groups in total. The second-order valence-electron chi connectivity index (χ2n) is 6.48. The van der Waals surface area contributed by atoms with Gasteiger partial charge in [-0.1, -0.05) is 17.3 Å². The number of hydrogen-bond acceptors (Lipinski definition) is 7. The third-order valence-electron chi connectivity index (χ3n) is 4.25. The van der Waals surface area contributed by atoms with Crippen LogP contribution in [0.4, 0.5) is 5.82 Å². The Morgan fingerprint density at radius 2 is 1.89 bits per heavy atom. The molecule has 8 heteroatoms. The van der Waals surface area contributed by atoms with Gasteiger partial charge < -0.3 is 9.84 Å². The van der Waals surface area contributed by atoms with Gasteiger partial charge in [0.05, 0.1) is 11.7 Å². The van der Waals surface area contributed by atoms with E-state index in [1.807, 2.05) is 33.0 Å². The van der Waals surface area contributed by atoms with Crippen molar-refractivity contribution in [3.8, 4) is 0 Å². The maximum Gasteiger partial charge on any atom is 0.256 e. The Hall–Kier alpha value is -3.13. The van der Waals surface area contributed by atoms with Crippen molar-refractivity contribution in [3.05, 3.63) is 64.9 Å². The molecular formula is C19H22N6O2. The van der Waals surface area contributed by atoms with Crippen LogP contribution in [0.25, 0.3) is 0 Å². The Labute approximate surface area is 157 Å². The predicted molar refractivity (Wildman–Crippen MR) is 100 cm³/mol. The molecule has 3 aromatic rings. The lowest BCUT2D eigenvalue weighted by molar-refractivity contribution is 0.102. The van der Waals surface area contributed by atoms with E-state index in [0.717, 1.165) is 11.3 Å². The van der Waals surface area contributed by atoms with Crippen LogP contribution in [0.5, 0.6) is 0 Å². The van der Waals surface area contributed by atoms with Crippen LogP contribution in [0.2, 0.25) is 0 Å². The maximum atomic E-state index is 12.3. The quantitative estimate of drug-likeness (QED) is 0.716. The van der Waals surface area contributed by atoms with Crippen molar-refractivity contribution in [1.82, 2.24) is 25.2 Å². The molecule has 0 spiro atoms. The zero-order valence-electron chi connectivity index (χ0n) is 15.8. The molecule has 0 aliphatic carbocycles. The normalized spacial score (nSPS) is 12.2. The van der Waals surface area contributed by atoms with E-state index >= 15 is 0 Å². The molecule has 0 unspecified atom stereocenters. The average Bonchev–Trinajstić information content (AvgIpc) is 3.10. The van der Waals surface area contributed by atoms with E-state index in [-0.39, 0.29) is 11.9 Å². The van der Waals surface area contributed by atoms with Gasteiger partial charge in [0, 0.05) is 12.1 Å². The molecule has 0 aliphatic rings. The lowest BCUT2D eigenvalue weighted by Gasteiger charge is -2.21. The zero-order chi connectivity index (χ0) is 19.4. The van der Waals surface area contributed by atoms with Crippen LogP contribution >= 0.6 is 0 Å². The number of nitrogens with zero attached hydrogens (tertiary/aromatic N) is 5. The third-order valence-corrected chi connectivity index (χ3v) is 4.25. The van der Waals surface area contributed by atoms with Crippen LogP contribution in [0.15, 0.2) is 40.9 Å². The van der Waals surface area contributed by atoms with Gasteiger partial charge >= 0.3 is 0 Å². The van der Waals surface area contributed by atoms with Crippen LogP contribution in [-0.4, -0.2) is 38.2 Å². The number of amides is 1. The fraction of sp³-hybridized carbons (Fsp3) is 0.316. The molecular weight excluding hydrogens is 344 g/mol. The first-order chi connectivity index (χ1) is 12.9. The Morgan fingerprint density at radius 3 is 2.48 bits per heavy atom. The molecule has 2 aromatic heterocycles. The first-order valence-corrected chi connectivity index (χ1v) is 8.63. The highest BCUT2D eigenvalue weighted by Crippen LogP contribution is 2.19. The molecule has 0 bridgehead atoms. The van der Waals surface area contributed by atoms with Gasteiger partial charge in [0.15, 0.2) is 11.6 Å². The Bertz CT molecular complexity index is 905. The molecule has 0 fully saturated rings. The smallest absolute Gasteiger partial charge is 0.256 e. The molecule has 1 aromatic carbocycles. The number of anilines is 1. The highest BCUT2D eigenvalue weighted by molar-refractivity contribution is 6.03. The molecule has 27 heavy (non-hydrogen) atoms. The van der Waals surface area contributed by atoms with Crippen molar-refractivity contribution < 1.29 is 9.32 Å². The molecule has 8 nitrogen and oxygen atoms in total. The standard InChI is InChI=1S/C19H22N6O2/c1-12-5-10-17(23-22-12)21-18(26)16-8-6-15(7-9-16)11-25(4)13(2)19-20-14(3)24-27-19/h5-10,13H,11H2,1-4H3,(H,21,23,26)/t13-/m1/s1. The third kappa shape index (κ3) is 4.73. The fourth-order valence-corrected chi connectivity index (χ4v) is 2.51. The van der Waals surface area contributed by atoms with Gasteiger partial charge in [-0.05, 0) is 57.6 Å². The number of carbonyl (C=O) groups is 1. The van der Waals surface area contributed by atoms with Gasteiger partial charge in [0.25, 0.3) is 5.91 Å². The van der Waals surface area contributed by atoms with Crippen molar-refractivity contribution >= 4 is 11.7 Å². The van der Waals surface area contributed by atoms with Crippen molar-refractivity contribution in [2.45, 2.75) is 33.4 Å². The number of rotatable bonds is 6. The second-order valence-corrected chi connectivity index (χ2v) is 6.48. The molecule has 1 atom stereocenters. The Balaban J connectivity index is 1.60. The fourth-order valence-electron chi connectivity index (χ4n) is 2.51. The molecule has 0 aliphatic heterocycles. The van der Waals surface area contributed by atoms with E-state index in [1.54, 1.807) is 31.2 Å². The molecule has 0 saturated carbocycles. The number of benzene rings is 1. The van der Waals surface area contributed by atoms with E-state index in [4.69, 9.17) is 4.52 Å². The van der Waals surface area contributed by atoms with E-state index < -0.39 is 0 Å². The van der Waals surface area contributed by atoms with Crippen LogP contribution in [-0.2, 0) is 6.54 Å². The first-order valence-electron chi connectivity index (χ1n) is 8.63. The summed E-state index contributed by atoms with van der Waals surface area (Å²) in [5, 5.41) is 14.4. The van der Waals surface area contributed by atoms with Crippen LogP contribution in [0, 0.1) is 13.8 Å². The summed E-state index contributed by atoms with van der Waals surface area (Å²) >= 11 is 0. The van der Waals surface area contributed by atoms with Gasteiger partial charge in [-0.3, -0.25) is 9.69 Å². The summed E-state index contributed by atoms with van der Waals surface area (Å²) in [6.45, 7) is 6.34. The molecule has 0 radical (unpaired) electrons. The minimum absolute atomic E-state index is 0.00529. The minimum atomic E-state index is -0.220. The number of hydrogen-bond donors (Lipinski definition) is 1. The lowest BCUT2D eigenvalue weighted by Crippen LogP contribution is -2.22. The lowest BCUT2D eigenvalue weighted by atomic mass is 10.1. The predicted octanol–water partition coefficient (Wildman–Crippen LogP) is 2.92. The molecule has 1 amide bonds. The summed E-state index contributed by atoms with van der Waals surface area (Å²) < 4.78 is 5.23. The largest absolute Gasteiger partial charge is 0.338 e. The Morgan fingerprint density at radius 1 is 1.15 bits per heavy atom. The van der Waals surface area contributed by atoms with Crippen LogP contribution < -0.4 is 5.32 Å². The van der Waals surface area contributed by atoms with Crippen molar-refractivity contribution in [3.63, 3.8) is 0 Å². The van der Waals surface area contributed by atoms with Crippen molar-refractivity contribution in [1.29, 1.82) is 0 Å². The van der Waals surface area contributed by atoms with Gasteiger partial charge in [-0.25, -0.2) is 0 Å². The van der Waals surface area contributed by atoms with Gasteiger partial charge in [0.1, 0.15) is 0 Å². The average molecular weight is 366 g/mol. The van der Waals surface area contributed by atoms with E-state index in [2.05, 4.69) is 30.6 Å². The van der Waals surface area contributed by atoms with Crippen molar-refractivity contribution in [2.75, 3.05) is 12.4 Å². The van der Waals surface area contributed by atoms with E-state index in [1.165, 1.54) is 0 Å². The van der Waals surface area contributed by atoms with Crippen LogP contribution in [0.1, 0.15) is 46.3 Å². The number of nitrogens with one attached hydrogen (secondary N) is 1. The first kappa shape index (κ1) is 18.7. The molecule has 3 rings (SSSR count). The van der Waals surface area contributed by atoms with E-state index in [0.29, 0.717) is 29.6 Å². The van der Waals surface area contributed by atoms with Gasteiger partial charge in [0.2, 0.25) is 5.89 Å². The summed E-state index contributed by atoms with van der Waals surface area (Å²) in [4.78, 5) is 18.7. The zero-order valence-corrected chi connectivity index (χ0v) is 15.8.